The Kier molecular flexibility index (Phi) is 4.21. The lowest BCUT2D eigenvalue weighted by molar-refractivity contribution is 0.0751. The topological polar surface area (TPSA) is 35.2 Å². The summed E-state index contributed by atoms with van der Waals surface area (Å²) >= 11 is 2.31. The minimum atomic E-state index is -0.0524. The van der Waals surface area contributed by atoms with Crippen LogP contribution in [0.4, 0.5) is 0 Å². The van der Waals surface area contributed by atoms with E-state index >= 15 is 0 Å². The Morgan fingerprint density at radius 1 is 1.19 bits per heavy atom. The summed E-state index contributed by atoms with van der Waals surface area (Å²) in [6.07, 6.45) is 4.73. The Morgan fingerprint density at radius 3 is 2.44 bits per heavy atom. The van der Waals surface area contributed by atoms with Gasteiger partial charge in [0.05, 0.1) is 13.2 Å². The number of hydrogen-bond acceptors (Lipinski definition) is 2. The summed E-state index contributed by atoms with van der Waals surface area (Å²) in [5, 5.41) is 0. The normalized spacial score (nSPS) is 18.9. The molecular weight excluding hydrogens is 313 g/mol. The third-order valence-electron chi connectivity index (χ3n) is 3.17. The van der Waals surface area contributed by atoms with Gasteiger partial charge < -0.3 is 10.5 Å². The molecule has 1 fully saturated rings. The molecule has 0 amide bonds. The summed E-state index contributed by atoms with van der Waals surface area (Å²) in [6, 6.07) is 8.43. The fraction of sp³-hybridized carbons (Fsp3) is 0.538. The number of rotatable bonds is 4. The summed E-state index contributed by atoms with van der Waals surface area (Å²) in [5.41, 5.74) is 7.39. The van der Waals surface area contributed by atoms with Crippen LogP contribution in [0.1, 0.15) is 31.2 Å². The zero-order valence-electron chi connectivity index (χ0n) is 9.42. The number of ether oxygens (including phenoxy) is 1. The van der Waals surface area contributed by atoms with Crippen LogP contribution in [-0.2, 0) is 11.3 Å². The van der Waals surface area contributed by atoms with Crippen LogP contribution in [0.2, 0.25) is 0 Å². The average molecular weight is 331 g/mol. The van der Waals surface area contributed by atoms with Crippen molar-refractivity contribution in [1.82, 2.24) is 0 Å². The Balaban J connectivity index is 1.77. The van der Waals surface area contributed by atoms with Gasteiger partial charge in [0.1, 0.15) is 0 Å². The summed E-state index contributed by atoms with van der Waals surface area (Å²) in [6.45, 7) is 1.37. The zero-order valence-corrected chi connectivity index (χ0v) is 11.6. The van der Waals surface area contributed by atoms with E-state index in [1.54, 1.807) is 0 Å². The number of benzene rings is 1. The first kappa shape index (κ1) is 12.3. The van der Waals surface area contributed by atoms with Crippen LogP contribution in [0.15, 0.2) is 24.3 Å². The van der Waals surface area contributed by atoms with E-state index in [1.165, 1.54) is 22.0 Å². The average Bonchev–Trinajstić information content (AvgIpc) is 2.69. The second kappa shape index (κ2) is 5.47. The Morgan fingerprint density at radius 2 is 1.81 bits per heavy atom. The highest BCUT2D eigenvalue weighted by Gasteiger charge is 2.29. The number of nitrogens with two attached hydrogens (primary N) is 1. The van der Waals surface area contributed by atoms with Gasteiger partial charge in [-0.1, -0.05) is 25.0 Å². The van der Waals surface area contributed by atoms with E-state index in [0.717, 1.165) is 12.8 Å². The predicted molar refractivity (Wildman–Crippen MR) is 74.2 cm³/mol. The SMILES string of the molecule is NC1(COCc2ccc(I)cc2)CCCC1. The highest BCUT2D eigenvalue weighted by Crippen LogP contribution is 2.27. The van der Waals surface area contributed by atoms with Crippen molar-refractivity contribution in [1.29, 1.82) is 0 Å². The molecule has 16 heavy (non-hydrogen) atoms. The Hall–Kier alpha value is -0.130. The monoisotopic (exact) mass is 331 g/mol. The van der Waals surface area contributed by atoms with Gasteiger partial charge in [-0.15, -0.1) is 0 Å². The summed E-state index contributed by atoms with van der Waals surface area (Å²) in [7, 11) is 0. The van der Waals surface area contributed by atoms with Crippen molar-refractivity contribution in [2.24, 2.45) is 5.73 Å². The van der Waals surface area contributed by atoms with Gasteiger partial charge in [0.2, 0.25) is 0 Å². The van der Waals surface area contributed by atoms with Crippen LogP contribution >= 0.6 is 22.6 Å². The third-order valence-corrected chi connectivity index (χ3v) is 3.89. The van der Waals surface area contributed by atoms with Crippen molar-refractivity contribution in [2.75, 3.05) is 6.61 Å². The first-order chi connectivity index (χ1) is 7.68. The molecule has 88 valence electrons. The highest BCUT2D eigenvalue weighted by atomic mass is 127. The van der Waals surface area contributed by atoms with Gasteiger partial charge in [0, 0.05) is 9.11 Å². The maximum absolute atomic E-state index is 6.22. The highest BCUT2D eigenvalue weighted by molar-refractivity contribution is 14.1. The molecule has 0 unspecified atom stereocenters. The lowest BCUT2D eigenvalue weighted by Crippen LogP contribution is -2.41. The van der Waals surface area contributed by atoms with E-state index in [2.05, 4.69) is 46.9 Å². The molecule has 0 aliphatic heterocycles. The quantitative estimate of drug-likeness (QED) is 0.861. The largest absolute Gasteiger partial charge is 0.375 e. The van der Waals surface area contributed by atoms with Crippen LogP contribution in [-0.4, -0.2) is 12.1 Å². The molecule has 0 heterocycles. The number of halogens is 1. The van der Waals surface area contributed by atoms with E-state index in [-0.39, 0.29) is 5.54 Å². The fourth-order valence-corrected chi connectivity index (χ4v) is 2.54. The van der Waals surface area contributed by atoms with Gasteiger partial charge in [-0.05, 0) is 53.1 Å². The molecule has 0 saturated heterocycles. The summed E-state index contributed by atoms with van der Waals surface area (Å²) in [5.74, 6) is 0. The van der Waals surface area contributed by atoms with E-state index in [9.17, 15) is 0 Å². The van der Waals surface area contributed by atoms with Crippen LogP contribution in [0.5, 0.6) is 0 Å². The van der Waals surface area contributed by atoms with Crippen molar-refractivity contribution >= 4 is 22.6 Å². The fourth-order valence-electron chi connectivity index (χ4n) is 2.18. The van der Waals surface area contributed by atoms with Crippen molar-refractivity contribution in [3.05, 3.63) is 33.4 Å². The minimum absolute atomic E-state index is 0.0524. The lowest BCUT2D eigenvalue weighted by atomic mass is 10.0. The van der Waals surface area contributed by atoms with Crippen molar-refractivity contribution in [3.8, 4) is 0 Å². The summed E-state index contributed by atoms with van der Waals surface area (Å²) in [4.78, 5) is 0. The Bertz CT molecular complexity index is 330. The van der Waals surface area contributed by atoms with Crippen LogP contribution in [0.25, 0.3) is 0 Å². The van der Waals surface area contributed by atoms with Crippen molar-refractivity contribution in [3.63, 3.8) is 0 Å². The van der Waals surface area contributed by atoms with Gasteiger partial charge in [0.15, 0.2) is 0 Å². The molecule has 0 radical (unpaired) electrons. The van der Waals surface area contributed by atoms with Gasteiger partial charge in [0.25, 0.3) is 0 Å². The van der Waals surface area contributed by atoms with Crippen LogP contribution in [0, 0.1) is 3.57 Å². The molecule has 3 heteroatoms. The van der Waals surface area contributed by atoms with Gasteiger partial charge in [-0.2, -0.15) is 0 Å². The Labute approximate surface area is 111 Å². The molecule has 2 nitrogen and oxygen atoms in total. The molecule has 0 spiro atoms. The maximum Gasteiger partial charge on any atom is 0.0717 e. The zero-order chi connectivity index (χ0) is 11.4. The molecule has 1 aliphatic rings. The van der Waals surface area contributed by atoms with E-state index < -0.39 is 0 Å². The smallest absolute Gasteiger partial charge is 0.0717 e. The van der Waals surface area contributed by atoms with Crippen molar-refractivity contribution in [2.45, 2.75) is 37.8 Å². The van der Waals surface area contributed by atoms with Crippen LogP contribution in [0.3, 0.4) is 0 Å². The summed E-state index contributed by atoms with van der Waals surface area (Å²) < 4.78 is 6.98. The van der Waals surface area contributed by atoms with Gasteiger partial charge in [-0.25, -0.2) is 0 Å². The van der Waals surface area contributed by atoms with Crippen molar-refractivity contribution < 1.29 is 4.74 Å². The lowest BCUT2D eigenvalue weighted by Gasteiger charge is -2.23. The van der Waals surface area contributed by atoms with Gasteiger partial charge >= 0.3 is 0 Å². The first-order valence-electron chi connectivity index (χ1n) is 5.79. The number of hydrogen-bond donors (Lipinski definition) is 1. The molecule has 1 saturated carbocycles. The first-order valence-corrected chi connectivity index (χ1v) is 6.87. The molecule has 0 bridgehead atoms. The van der Waals surface area contributed by atoms with E-state index in [1.807, 2.05) is 0 Å². The minimum Gasteiger partial charge on any atom is -0.375 e. The maximum atomic E-state index is 6.22. The molecule has 1 aromatic rings. The molecule has 2 N–H and O–H groups in total. The standard InChI is InChI=1S/C13H18INO/c14-12-5-3-11(4-6-12)9-16-10-13(15)7-1-2-8-13/h3-6H,1-2,7-10,15H2. The van der Waals surface area contributed by atoms with E-state index in [4.69, 9.17) is 10.5 Å². The molecule has 1 aromatic carbocycles. The molecular formula is C13H18INO. The molecule has 0 aromatic heterocycles. The second-order valence-electron chi connectivity index (χ2n) is 4.69. The predicted octanol–water partition coefficient (Wildman–Crippen LogP) is 3.08. The van der Waals surface area contributed by atoms with Gasteiger partial charge in [-0.3, -0.25) is 0 Å². The van der Waals surface area contributed by atoms with E-state index in [0.29, 0.717) is 13.2 Å². The third kappa shape index (κ3) is 3.43. The molecule has 2 rings (SSSR count). The van der Waals surface area contributed by atoms with Crippen LogP contribution < -0.4 is 5.73 Å². The molecule has 1 aliphatic carbocycles. The molecule has 0 atom stereocenters. The second-order valence-corrected chi connectivity index (χ2v) is 5.93.